The Morgan fingerprint density at radius 2 is 1.92 bits per heavy atom. The fourth-order valence-electron chi connectivity index (χ4n) is 1.78. The quantitative estimate of drug-likeness (QED) is 0.281. The van der Waals surface area contributed by atoms with Gasteiger partial charge in [0.15, 0.2) is 0 Å². The van der Waals surface area contributed by atoms with E-state index in [0.29, 0.717) is 11.3 Å². The smallest absolute Gasteiger partial charge is 0.336 e. The first kappa shape index (κ1) is 17.6. The fraction of sp³-hybridized carbons (Fsp3) is 0.0556. The summed E-state index contributed by atoms with van der Waals surface area (Å²) in [5.74, 6) is -0.448. The van der Waals surface area contributed by atoms with E-state index in [0.717, 1.165) is 10.0 Å². The van der Waals surface area contributed by atoms with Crippen molar-refractivity contribution in [1.29, 1.82) is 0 Å². The molecule has 0 heterocycles. The van der Waals surface area contributed by atoms with Crippen LogP contribution in [-0.4, -0.2) is 18.1 Å². The molecule has 0 spiro atoms. The highest BCUT2D eigenvalue weighted by molar-refractivity contribution is 9.10. The number of ether oxygens (including phenoxy) is 1. The number of esters is 1. The van der Waals surface area contributed by atoms with Gasteiger partial charge in [-0.15, -0.1) is 0 Å². The minimum absolute atomic E-state index is 0.286. The molecule has 122 valence electrons. The Morgan fingerprint density at radius 3 is 2.62 bits per heavy atom. The third-order valence-corrected chi connectivity index (χ3v) is 3.31. The van der Waals surface area contributed by atoms with Gasteiger partial charge in [-0.1, -0.05) is 46.3 Å². The van der Waals surface area contributed by atoms with Gasteiger partial charge >= 0.3 is 5.97 Å². The fourth-order valence-corrected chi connectivity index (χ4v) is 2.16. The van der Waals surface area contributed by atoms with E-state index in [1.807, 2.05) is 30.3 Å². The second-order valence-corrected chi connectivity index (χ2v) is 5.69. The predicted octanol–water partition coefficient (Wildman–Crippen LogP) is 3.54. The molecule has 6 heteroatoms. The molecular weight excluding hydrogens is 372 g/mol. The van der Waals surface area contributed by atoms with Gasteiger partial charge in [-0.3, -0.25) is 4.79 Å². The highest BCUT2D eigenvalue weighted by atomic mass is 79.9. The minimum atomic E-state index is -0.504. The number of halogens is 1. The maximum atomic E-state index is 12.0. The van der Waals surface area contributed by atoms with Crippen molar-refractivity contribution in [3.05, 3.63) is 70.2 Å². The summed E-state index contributed by atoms with van der Waals surface area (Å²) in [6, 6.07) is 14.6. The van der Waals surface area contributed by atoms with Gasteiger partial charge in [0.1, 0.15) is 5.75 Å². The third-order valence-electron chi connectivity index (χ3n) is 2.82. The first-order chi connectivity index (χ1) is 11.5. The lowest BCUT2D eigenvalue weighted by atomic mass is 10.2. The van der Waals surface area contributed by atoms with E-state index in [-0.39, 0.29) is 5.91 Å². The molecule has 0 atom stereocenters. The Balaban J connectivity index is 2.10. The summed E-state index contributed by atoms with van der Waals surface area (Å²) < 4.78 is 6.13. The average molecular weight is 387 g/mol. The first-order valence-corrected chi connectivity index (χ1v) is 7.88. The zero-order valence-electron chi connectivity index (χ0n) is 12.9. The number of rotatable bonds is 5. The van der Waals surface area contributed by atoms with E-state index in [2.05, 4.69) is 26.5 Å². The largest absolute Gasteiger partial charge is 0.423 e. The SMILES string of the molecule is CC(=O)N/N=C/c1cc(Br)ccc1OC(=O)/C=C/c1ccccc1. The topological polar surface area (TPSA) is 67.8 Å². The molecule has 5 nitrogen and oxygen atoms in total. The molecule has 0 radical (unpaired) electrons. The lowest BCUT2D eigenvalue weighted by molar-refractivity contribution is -0.129. The number of amides is 1. The predicted molar refractivity (Wildman–Crippen MR) is 96.7 cm³/mol. The molecule has 1 N–H and O–H groups in total. The number of carbonyl (C=O) groups is 2. The molecule has 0 aliphatic carbocycles. The minimum Gasteiger partial charge on any atom is -0.423 e. The molecule has 2 rings (SSSR count). The number of hydrogen-bond donors (Lipinski definition) is 1. The van der Waals surface area contributed by atoms with E-state index < -0.39 is 5.97 Å². The first-order valence-electron chi connectivity index (χ1n) is 7.09. The van der Waals surface area contributed by atoms with Gasteiger partial charge in [0.25, 0.3) is 0 Å². The van der Waals surface area contributed by atoms with Crippen LogP contribution in [0.15, 0.2) is 64.2 Å². The number of benzene rings is 2. The van der Waals surface area contributed by atoms with Crippen molar-refractivity contribution in [2.45, 2.75) is 6.92 Å². The Kier molecular flexibility index (Phi) is 6.45. The molecule has 0 aliphatic rings. The zero-order valence-corrected chi connectivity index (χ0v) is 14.5. The number of hydrogen-bond acceptors (Lipinski definition) is 4. The van der Waals surface area contributed by atoms with E-state index in [9.17, 15) is 9.59 Å². The standard InChI is InChI=1S/C18H15BrN2O3/c1-13(22)21-20-12-15-11-16(19)8-9-17(15)24-18(23)10-7-14-5-3-2-4-6-14/h2-12H,1H3,(H,21,22)/b10-7+,20-12+. The summed E-state index contributed by atoms with van der Waals surface area (Å²) in [6.07, 6.45) is 4.44. The van der Waals surface area contributed by atoms with Crippen LogP contribution < -0.4 is 10.2 Å². The van der Waals surface area contributed by atoms with E-state index >= 15 is 0 Å². The Labute approximate surface area is 148 Å². The molecule has 24 heavy (non-hydrogen) atoms. The van der Waals surface area contributed by atoms with Crippen LogP contribution in [0.4, 0.5) is 0 Å². The number of hydrazone groups is 1. The second-order valence-electron chi connectivity index (χ2n) is 4.77. The van der Waals surface area contributed by atoms with Crippen LogP contribution in [0.3, 0.4) is 0 Å². The Hall–Kier alpha value is -2.73. The van der Waals surface area contributed by atoms with Gasteiger partial charge in [-0.2, -0.15) is 5.10 Å². The monoisotopic (exact) mass is 386 g/mol. The van der Waals surface area contributed by atoms with Crippen LogP contribution in [0.5, 0.6) is 5.75 Å². The van der Waals surface area contributed by atoms with E-state index in [1.165, 1.54) is 19.2 Å². The van der Waals surface area contributed by atoms with Crippen molar-refractivity contribution in [3.8, 4) is 5.75 Å². The van der Waals surface area contributed by atoms with Gasteiger partial charge in [0.2, 0.25) is 5.91 Å². The van der Waals surface area contributed by atoms with Crippen molar-refractivity contribution in [2.24, 2.45) is 5.10 Å². The van der Waals surface area contributed by atoms with E-state index in [1.54, 1.807) is 24.3 Å². The Bertz CT molecular complexity index is 786. The highest BCUT2D eigenvalue weighted by Crippen LogP contribution is 2.22. The van der Waals surface area contributed by atoms with Gasteiger partial charge in [-0.25, -0.2) is 10.2 Å². The van der Waals surface area contributed by atoms with Crippen molar-refractivity contribution < 1.29 is 14.3 Å². The van der Waals surface area contributed by atoms with Crippen molar-refractivity contribution in [2.75, 3.05) is 0 Å². The van der Waals surface area contributed by atoms with Crippen molar-refractivity contribution in [1.82, 2.24) is 5.43 Å². The molecule has 0 unspecified atom stereocenters. The highest BCUT2D eigenvalue weighted by Gasteiger charge is 2.07. The maximum Gasteiger partial charge on any atom is 0.336 e. The van der Waals surface area contributed by atoms with Crippen molar-refractivity contribution in [3.63, 3.8) is 0 Å². The molecule has 0 fully saturated rings. The molecule has 0 aromatic heterocycles. The number of nitrogens with one attached hydrogen (secondary N) is 1. The third kappa shape index (κ3) is 5.81. The summed E-state index contributed by atoms with van der Waals surface area (Å²) in [7, 11) is 0. The van der Waals surface area contributed by atoms with Crippen LogP contribution in [-0.2, 0) is 9.59 Å². The normalized spacial score (nSPS) is 10.9. The summed E-state index contributed by atoms with van der Waals surface area (Å²) >= 11 is 3.34. The summed E-state index contributed by atoms with van der Waals surface area (Å²) in [5.41, 5.74) is 3.76. The van der Waals surface area contributed by atoms with Gasteiger partial charge < -0.3 is 4.74 Å². The lowest BCUT2D eigenvalue weighted by Gasteiger charge is -2.06. The molecular formula is C18H15BrN2O3. The summed E-state index contributed by atoms with van der Waals surface area (Å²) in [5, 5.41) is 3.79. The van der Waals surface area contributed by atoms with Crippen molar-refractivity contribution >= 4 is 40.1 Å². The van der Waals surface area contributed by atoms with Gasteiger partial charge in [0, 0.05) is 23.0 Å². The van der Waals surface area contributed by atoms with Gasteiger partial charge in [0.05, 0.1) is 6.21 Å². The van der Waals surface area contributed by atoms with Crippen LogP contribution >= 0.6 is 15.9 Å². The molecule has 0 bridgehead atoms. The molecule has 0 aliphatic heterocycles. The van der Waals surface area contributed by atoms with Crippen LogP contribution in [0.2, 0.25) is 0 Å². The summed E-state index contributed by atoms with van der Waals surface area (Å²) in [4.78, 5) is 22.8. The second kappa shape index (κ2) is 8.79. The number of nitrogens with zero attached hydrogens (tertiary/aromatic N) is 1. The molecule has 1 amide bonds. The van der Waals surface area contributed by atoms with Crippen LogP contribution in [0.1, 0.15) is 18.1 Å². The molecule has 0 saturated carbocycles. The maximum absolute atomic E-state index is 12.0. The van der Waals surface area contributed by atoms with E-state index in [4.69, 9.17) is 4.74 Å². The lowest BCUT2D eigenvalue weighted by Crippen LogP contribution is -2.12. The average Bonchev–Trinajstić information content (AvgIpc) is 2.56. The Morgan fingerprint density at radius 1 is 1.17 bits per heavy atom. The zero-order chi connectivity index (χ0) is 17.4. The molecule has 2 aromatic rings. The molecule has 2 aromatic carbocycles. The molecule has 0 saturated heterocycles. The van der Waals surface area contributed by atoms with Crippen LogP contribution in [0, 0.1) is 0 Å². The van der Waals surface area contributed by atoms with Crippen LogP contribution in [0.25, 0.3) is 6.08 Å². The van der Waals surface area contributed by atoms with Gasteiger partial charge in [-0.05, 0) is 29.8 Å². The number of carbonyl (C=O) groups excluding carboxylic acids is 2. The summed E-state index contributed by atoms with van der Waals surface area (Å²) in [6.45, 7) is 1.35.